The molecule has 1 aliphatic carbocycles. The van der Waals surface area contributed by atoms with E-state index < -0.39 is 0 Å². The maximum atomic E-state index is 5.30. The molecule has 0 bridgehead atoms. The highest BCUT2D eigenvalue weighted by atomic mass is 15.3. The van der Waals surface area contributed by atoms with E-state index in [1.807, 2.05) is 0 Å². The molecule has 1 saturated carbocycles. The summed E-state index contributed by atoms with van der Waals surface area (Å²) in [6, 6.07) is 2.56. The van der Waals surface area contributed by atoms with Gasteiger partial charge >= 0.3 is 0 Å². The van der Waals surface area contributed by atoms with Crippen molar-refractivity contribution in [1.82, 2.24) is 14.9 Å². The first-order valence-corrected chi connectivity index (χ1v) is 6.52. The van der Waals surface area contributed by atoms with Crippen LogP contribution >= 0.6 is 0 Å². The third-order valence-corrected chi connectivity index (χ3v) is 3.53. The summed E-state index contributed by atoms with van der Waals surface area (Å²) in [7, 11) is 2.20. The standard InChI is InChI=1S/C12H22N6/c1-18(10-4-2-3-5-10)7-6-14-11-8-12(17-13)16-9-15-11/h8-10H,2-7,13H2,1H3,(H2,14,15,16,17). The van der Waals surface area contributed by atoms with Crippen molar-refractivity contribution >= 4 is 11.6 Å². The lowest BCUT2D eigenvalue weighted by atomic mass is 10.2. The second-order valence-electron chi connectivity index (χ2n) is 4.78. The normalized spacial score (nSPS) is 16.2. The molecule has 18 heavy (non-hydrogen) atoms. The Morgan fingerprint density at radius 2 is 2.06 bits per heavy atom. The van der Waals surface area contributed by atoms with Gasteiger partial charge in [-0.2, -0.15) is 0 Å². The molecule has 6 heteroatoms. The van der Waals surface area contributed by atoms with E-state index in [2.05, 4.69) is 32.7 Å². The van der Waals surface area contributed by atoms with Crippen LogP contribution in [0.2, 0.25) is 0 Å². The molecule has 1 fully saturated rings. The number of nitrogen functional groups attached to an aromatic ring is 1. The van der Waals surface area contributed by atoms with Crippen molar-refractivity contribution < 1.29 is 0 Å². The fourth-order valence-corrected chi connectivity index (χ4v) is 2.42. The maximum absolute atomic E-state index is 5.30. The fourth-order valence-electron chi connectivity index (χ4n) is 2.42. The summed E-state index contributed by atoms with van der Waals surface area (Å²) in [5.41, 5.74) is 2.51. The van der Waals surface area contributed by atoms with E-state index in [1.165, 1.54) is 32.0 Å². The molecule has 1 aliphatic rings. The molecule has 0 spiro atoms. The molecular weight excluding hydrogens is 228 g/mol. The van der Waals surface area contributed by atoms with Gasteiger partial charge in [0.1, 0.15) is 18.0 Å². The van der Waals surface area contributed by atoms with Gasteiger partial charge in [-0.05, 0) is 19.9 Å². The number of anilines is 2. The van der Waals surface area contributed by atoms with Crippen molar-refractivity contribution in [2.24, 2.45) is 5.84 Å². The number of hydrogen-bond acceptors (Lipinski definition) is 6. The molecule has 4 N–H and O–H groups in total. The van der Waals surface area contributed by atoms with Gasteiger partial charge in [0, 0.05) is 25.2 Å². The van der Waals surface area contributed by atoms with Gasteiger partial charge < -0.3 is 15.6 Å². The van der Waals surface area contributed by atoms with Crippen molar-refractivity contribution in [3.8, 4) is 0 Å². The summed E-state index contributed by atoms with van der Waals surface area (Å²) in [4.78, 5) is 10.5. The molecule has 1 aromatic rings. The Hall–Kier alpha value is -1.40. The van der Waals surface area contributed by atoms with Crippen LogP contribution in [0.1, 0.15) is 25.7 Å². The van der Waals surface area contributed by atoms with Gasteiger partial charge in [0.15, 0.2) is 0 Å². The van der Waals surface area contributed by atoms with Crippen LogP contribution in [0, 0.1) is 0 Å². The second kappa shape index (κ2) is 6.51. The van der Waals surface area contributed by atoms with Crippen LogP contribution in [-0.4, -0.2) is 41.0 Å². The number of likely N-dealkylation sites (N-methyl/N-ethyl adjacent to an activating group) is 1. The van der Waals surface area contributed by atoms with Gasteiger partial charge in [-0.1, -0.05) is 12.8 Å². The summed E-state index contributed by atoms with van der Waals surface area (Å²) < 4.78 is 0. The number of hydrogen-bond donors (Lipinski definition) is 3. The number of nitrogens with two attached hydrogens (primary N) is 1. The topological polar surface area (TPSA) is 79.1 Å². The van der Waals surface area contributed by atoms with Crippen molar-refractivity contribution in [2.45, 2.75) is 31.7 Å². The maximum Gasteiger partial charge on any atom is 0.145 e. The largest absolute Gasteiger partial charge is 0.369 e. The van der Waals surface area contributed by atoms with Gasteiger partial charge in [-0.15, -0.1) is 0 Å². The Morgan fingerprint density at radius 1 is 1.33 bits per heavy atom. The predicted molar refractivity (Wildman–Crippen MR) is 73.2 cm³/mol. The van der Waals surface area contributed by atoms with E-state index in [4.69, 9.17) is 5.84 Å². The highest BCUT2D eigenvalue weighted by molar-refractivity contribution is 5.45. The fraction of sp³-hybridized carbons (Fsp3) is 0.667. The molecule has 1 aromatic heterocycles. The zero-order valence-corrected chi connectivity index (χ0v) is 10.9. The monoisotopic (exact) mass is 250 g/mol. The lowest BCUT2D eigenvalue weighted by Gasteiger charge is -2.24. The van der Waals surface area contributed by atoms with Gasteiger partial charge in [0.05, 0.1) is 0 Å². The molecule has 0 saturated heterocycles. The van der Waals surface area contributed by atoms with Gasteiger partial charge in [-0.25, -0.2) is 15.8 Å². The number of aromatic nitrogens is 2. The van der Waals surface area contributed by atoms with Crippen molar-refractivity contribution in [3.63, 3.8) is 0 Å². The van der Waals surface area contributed by atoms with Crippen LogP contribution < -0.4 is 16.6 Å². The zero-order valence-electron chi connectivity index (χ0n) is 10.9. The SMILES string of the molecule is CN(CCNc1cc(NN)ncn1)C1CCCC1. The molecule has 100 valence electrons. The first-order valence-electron chi connectivity index (χ1n) is 6.52. The van der Waals surface area contributed by atoms with Crippen LogP contribution in [0.3, 0.4) is 0 Å². The predicted octanol–water partition coefficient (Wildman–Crippen LogP) is 1.05. The molecule has 0 aliphatic heterocycles. The van der Waals surface area contributed by atoms with E-state index >= 15 is 0 Å². The zero-order chi connectivity index (χ0) is 12.8. The van der Waals surface area contributed by atoms with Gasteiger partial charge in [0.2, 0.25) is 0 Å². The van der Waals surface area contributed by atoms with E-state index in [1.54, 1.807) is 6.07 Å². The van der Waals surface area contributed by atoms with E-state index in [0.29, 0.717) is 5.82 Å². The van der Waals surface area contributed by atoms with Crippen molar-refractivity contribution in [3.05, 3.63) is 12.4 Å². The quantitative estimate of drug-likeness (QED) is 0.517. The van der Waals surface area contributed by atoms with Crippen LogP contribution in [0.5, 0.6) is 0 Å². The summed E-state index contributed by atoms with van der Waals surface area (Å²) in [5, 5.41) is 3.29. The summed E-state index contributed by atoms with van der Waals surface area (Å²) in [6.07, 6.45) is 6.93. The first kappa shape index (κ1) is 13.0. The van der Waals surface area contributed by atoms with E-state index in [-0.39, 0.29) is 0 Å². The van der Waals surface area contributed by atoms with Crippen LogP contribution in [0.4, 0.5) is 11.6 Å². The minimum Gasteiger partial charge on any atom is -0.369 e. The lowest BCUT2D eigenvalue weighted by Crippen LogP contribution is -2.33. The average molecular weight is 250 g/mol. The molecule has 0 unspecified atom stereocenters. The number of nitrogens with zero attached hydrogens (tertiary/aromatic N) is 3. The molecule has 0 amide bonds. The molecule has 0 atom stereocenters. The van der Waals surface area contributed by atoms with Crippen LogP contribution in [0.25, 0.3) is 0 Å². The summed E-state index contributed by atoms with van der Waals surface area (Å²) >= 11 is 0. The van der Waals surface area contributed by atoms with E-state index in [0.717, 1.165) is 24.9 Å². The Balaban J connectivity index is 1.73. The Morgan fingerprint density at radius 3 is 2.78 bits per heavy atom. The minimum atomic E-state index is 0.622. The smallest absolute Gasteiger partial charge is 0.145 e. The Labute approximate surface area is 108 Å². The first-order chi connectivity index (χ1) is 8.79. The van der Waals surface area contributed by atoms with Gasteiger partial charge in [-0.3, -0.25) is 0 Å². The molecule has 2 rings (SSSR count). The third kappa shape index (κ3) is 3.54. The number of hydrazine groups is 1. The van der Waals surface area contributed by atoms with Gasteiger partial charge in [0.25, 0.3) is 0 Å². The minimum absolute atomic E-state index is 0.622. The number of nitrogens with one attached hydrogen (secondary N) is 2. The lowest BCUT2D eigenvalue weighted by molar-refractivity contribution is 0.254. The molecular formula is C12H22N6. The second-order valence-corrected chi connectivity index (χ2v) is 4.78. The molecule has 6 nitrogen and oxygen atoms in total. The Bertz CT molecular complexity index is 363. The van der Waals surface area contributed by atoms with E-state index in [9.17, 15) is 0 Å². The summed E-state index contributed by atoms with van der Waals surface area (Å²) in [5.74, 6) is 6.73. The van der Waals surface area contributed by atoms with Crippen LogP contribution in [-0.2, 0) is 0 Å². The third-order valence-electron chi connectivity index (χ3n) is 3.53. The average Bonchev–Trinajstić information content (AvgIpc) is 2.93. The van der Waals surface area contributed by atoms with Crippen molar-refractivity contribution in [1.29, 1.82) is 0 Å². The molecule has 1 heterocycles. The highest BCUT2D eigenvalue weighted by Gasteiger charge is 2.18. The molecule has 0 radical (unpaired) electrons. The number of rotatable bonds is 6. The van der Waals surface area contributed by atoms with Crippen LogP contribution in [0.15, 0.2) is 12.4 Å². The summed E-state index contributed by atoms with van der Waals surface area (Å²) in [6.45, 7) is 1.91. The Kier molecular flexibility index (Phi) is 4.72. The molecule has 0 aromatic carbocycles. The highest BCUT2D eigenvalue weighted by Crippen LogP contribution is 2.21. The van der Waals surface area contributed by atoms with Crippen molar-refractivity contribution in [2.75, 3.05) is 30.9 Å².